The highest BCUT2D eigenvalue weighted by atomic mass is 35.5. The molecule has 0 aliphatic carbocycles. The molecule has 1 aromatic heterocycles. The number of halogens is 1. The van der Waals surface area contributed by atoms with Crippen molar-refractivity contribution in [2.45, 2.75) is 18.7 Å². The fourth-order valence-electron chi connectivity index (χ4n) is 3.93. The fraction of sp³-hybridized carbons (Fsp3) is 0.333. The predicted octanol–water partition coefficient (Wildman–Crippen LogP) is 4.02. The molecule has 8 nitrogen and oxygen atoms in total. The Bertz CT molecular complexity index is 1260. The van der Waals surface area contributed by atoms with Crippen LogP contribution in [0.2, 0.25) is 5.02 Å². The molecule has 1 saturated heterocycles. The van der Waals surface area contributed by atoms with Crippen molar-refractivity contribution in [3.05, 3.63) is 59.4 Å². The summed E-state index contributed by atoms with van der Waals surface area (Å²) in [5, 5.41) is 0.271. The third-order valence-electron chi connectivity index (χ3n) is 5.74. The Balaban J connectivity index is 1.48. The van der Waals surface area contributed by atoms with Crippen LogP contribution in [0.4, 0.5) is 5.82 Å². The molecule has 1 aliphatic rings. The normalized spacial score (nSPS) is 14.8. The maximum Gasteiger partial charge on any atom is 0.243 e. The topological polar surface area (TPSA) is 84.9 Å². The summed E-state index contributed by atoms with van der Waals surface area (Å²) < 4.78 is 38.8. The van der Waals surface area contributed by atoms with Crippen molar-refractivity contribution in [2.75, 3.05) is 44.8 Å². The maximum absolute atomic E-state index is 13.3. The molecule has 1 aliphatic heterocycles. The molecule has 0 unspecified atom stereocenters. The standard InChI is InChI=1S/C24H27ClN4O4S/c1-4-33-19-7-5-18(6-8-19)21-15-24(27-16-26-21)28-9-11-29(12-10-28)34(30,31)23-14-20(25)22(32-3)13-17(23)2/h5-8,13-16H,4,9-12H2,1-3H3. The van der Waals surface area contributed by atoms with Gasteiger partial charge in [-0.25, -0.2) is 18.4 Å². The van der Waals surface area contributed by atoms with Crippen LogP contribution in [0.3, 0.4) is 0 Å². The number of hydrogen-bond acceptors (Lipinski definition) is 7. The van der Waals surface area contributed by atoms with E-state index in [1.165, 1.54) is 23.8 Å². The summed E-state index contributed by atoms with van der Waals surface area (Å²) >= 11 is 6.20. The Morgan fingerprint density at radius 2 is 1.74 bits per heavy atom. The van der Waals surface area contributed by atoms with Gasteiger partial charge in [-0.1, -0.05) is 11.6 Å². The lowest BCUT2D eigenvalue weighted by atomic mass is 10.1. The molecule has 10 heteroatoms. The Kier molecular flexibility index (Phi) is 7.25. The van der Waals surface area contributed by atoms with Crippen molar-refractivity contribution < 1.29 is 17.9 Å². The van der Waals surface area contributed by atoms with E-state index >= 15 is 0 Å². The molecule has 0 bridgehead atoms. The number of nitrogens with zero attached hydrogens (tertiary/aromatic N) is 4. The van der Waals surface area contributed by atoms with E-state index in [-0.39, 0.29) is 9.92 Å². The molecular formula is C24H27ClN4O4S. The van der Waals surface area contributed by atoms with E-state index in [9.17, 15) is 8.42 Å². The number of hydrogen-bond donors (Lipinski definition) is 0. The van der Waals surface area contributed by atoms with E-state index in [0.29, 0.717) is 44.1 Å². The first-order chi connectivity index (χ1) is 16.3. The predicted molar refractivity (Wildman–Crippen MR) is 132 cm³/mol. The van der Waals surface area contributed by atoms with Crippen LogP contribution in [0, 0.1) is 6.92 Å². The van der Waals surface area contributed by atoms with E-state index in [1.807, 2.05) is 37.3 Å². The Morgan fingerprint density at radius 3 is 2.38 bits per heavy atom. The summed E-state index contributed by atoms with van der Waals surface area (Å²) in [5.41, 5.74) is 2.35. The van der Waals surface area contributed by atoms with Gasteiger partial charge in [0.15, 0.2) is 0 Å². The monoisotopic (exact) mass is 502 g/mol. The van der Waals surface area contributed by atoms with Gasteiger partial charge in [0.1, 0.15) is 23.6 Å². The molecule has 0 atom stereocenters. The molecule has 0 spiro atoms. The Hall–Kier alpha value is -2.88. The van der Waals surface area contributed by atoms with Crippen LogP contribution in [0.15, 0.2) is 53.7 Å². The minimum atomic E-state index is -3.68. The summed E-state index contributed by atoms with van der Waals surface area (Å²) in [5.74, 6) is 2.03. The molecular weight excluding hydrogens is 476 g/mol. The van der Waals surface area contributed by atoms with Gasteiger partial charge in [-0.3, -0.25) is 0 Å². The summed E-state index contributed by atoms with van der Waals surface area (Å²) in [7, 11) is -2.18. The number of aromatic nitrogens is 2. The van der Waals surface area contributed by atoms with Crippen LogP contribution in [-0.2, 0) is 10.0 Å². The van der Waals surface area contributed by atoms with Crippen molar-refractivity contribution >= 4 is 27.4 Å². The highest BCUT2D eigenvalue weighted by molar-refractivity contribution is 7.89. The zero-order chi connectivity index (χ0) is 24.3. The lowest BCUT2D eigenvalue weighted by Gasteiger charge is -2.35. The summed E-state index contributed by atoms with van der Waals surface area (Å²) in [6, 6.07) is 12.8. The van der Waals surface area contributed by atoms with Gasteiger partial charge in [0.2, 0.25) is 10.0 Å². The first-order valence-electron chi connectivity index (χ1n) is 11.0. The van der Waals surface area contributed by atoms with Crippen LogP contribution in [0.5, 0.6) is 11.5 Å². The minimum Gasteiger partial charge on any atom is -0.495 e. The lowest BCUT2D eigenvalue weighted by Crippen LogP contribution is -2.49. The zero-order valence-electron chi connectivity index (χ0n) is 19.4. The minimum absolute atomic E-state index is 0.201. The van der Waals surface area contributed by atoms with E-state index in [4.69, 9.17) is 21.1 Å². The third kappa shape index (κ3) is 4.96. The van der Waals surface area contributed by atoms with E-state index in [0.717, 1.165) is 22.8 Å². The van der Waals surface area contributed by atoms with Gasteiger partial charge in [-0.05, 0) is 55.8 Å². The van der Waals surface area contributed by atoms with Crippen molar-refractivity contribution in [2.24, 2.45) is 0 Å². The first-order valence-corrected chi connectivity index (χ1v) is 12.8. The van der Waals surface area contributed by atoms with E-state index in [1.54, 1.807) is 13.0 Å². The van der Waals surface area contributed by atoms with Crippen LogP contribution in [-0.4, -0.2) is 62.6 Å². The number of rotatable bonds is 7. The number of piperazine rings is 1. The molecule has 0 saturated carbocycles. The second-order valence-electron chi connectivity index (χ2n) is 7.86. The third-order valence-corrected chi connectivity index (χ3v) is 8.08. The second kappa shape index (κ2) is 10.2. The Morgan fingerprint density at radius 1 is 1.03 bits per heavy atom. The molecule has 1 fully saturated rings. The zero-order valence-corrected chi connectivity index (χ0v) is 20.9. The largest absolute Gasteiger partial charge is 0.495 e. The van der Waals surface area contributed by atoms with Gasteiger partial charge < -0.3 is 14.4 Å². The molecule has 180 valence electrons. The van der Waals surface area contributed by atoms with Crippen LogP contribution in [0.25, 0.3) is 11.3 Å². The second-order valence-corrected chi connectivity index (χ2v) is 10.2. The molecule has 3 aromatic rings. The molecule has 34 heavy (non-hydrogen) atoms. The fourth-order valence-corrected chi connectivity index (χ4v) is 5.89. The SMILES string of the molecule is CCOc1ccc(-c2cc(N3CCN(S(=O)(=O)c4cc(Cl)c(OC)cc4C)CC3)ncn2)cc1. The summed E-state index contributed by atoms with van der Waals surface area (Å²) in [4.78, 5) is 11.1. The number of sulfonamides is 1. The highest BCUT2D eigenvalue weighted by Crippen LogP contribution is 2.32. The molecule has 4 rings (SSSR count). The number of benzene rings is 2. The number of anilines is 1. The lowest BCUT2D eigenvalue weighted by molar-refractivity contribution is 0.340. The van der Waals surface area contributed by atoms with Gasteiger partial charge in [0, 0.05) is 37.8 Å². The van der Waals surface area contributed by atoms with E-state index < -0.39 is 10.0 Å². The summed E-state index contributed by atoms with van der Waals surface area (Å²) in [6.07, 6.45) is 1.53. The number of methoxy groups -OCH3 is 1. The molecule has 2 heterocycles. The molecule has 2 aromatic carbocycles. The molecule has 0 N–H and O–H groups in total. The van der Waals surface area contributed by atoms with Gasteiger partial charge in [0.05, 0.1) is 29.3 Å². The highest BCUT2D eigenvalue weighted by Gasteiger charge is 2.31. The van der Waals surface area contributed by atoms with Gasteiger partial charge in [-0.2, -0.15) is 4.31 Å². The number of aryl methyl sites for hydroxylation is 1. The van der Waals surface area contributed by atoms with Crippen molar-refractivity contribution in [1.82, 2.24) is 14.3 Å². The van der Waals surface area contributed by atoms with Crippen LogP contribution >= 0.6 is 11.6 Å². The average Bonchev–Trinajstić information content (AvgIpc) is 2.86. The van der Waals surface area contributed by atoms with Gasteiger partial charge >= 0.3 is 0 Å². The molecule has 0 radical (unpaired) electrons. The number of ether oxygens (including phenoxy) is 2. The van der Waals surface area contributed by atoms with Gasteiger partial charge in [0.25, 0.3) is 0 Å². The van der Waals surface area contributed by atoms with Crippen LogP contribution < -0.4 is 14.4 Å². The summed E-state index contributed by atoms with van der Waals surface area (Å²) in [6.45, 7) is 6.02. The molecule has 0 amide bonds. The maximum atomic E-state index is 13.3. The Labute approximate surface area is 205 Å². The average molecular weight is 503 g/mol. The van der Waals surface area contributed by atoms with Crippen molar-refractivity contribution in [3.8, 4) is 22.8 Å². The van der Waals surface area contributed by atoms with Crippen molar-refractivity contribution in [1.29, 1.82) is 0 Å². The van der Waals surface area contributed by atoms with Gasteiger partial charge in [-0.15, -0.1) is 0 Å². The smallest absolute Gasteiger partial charge is 0.243 e. The quantitative estimate of drug-likeness (QED) is 0.482. The van der Waals surface area contributed by atoms with Crippen LogP contribution in [0.1, 0.15) is 12.5 Å². The van der Waals surface area contributed by atoms with E-state index in [2.05, 4.69) is 14.9 Å². The first kappa shape index (κ1) is 24.3. The van der Waals surface area contributed by atoms with Crippen molar-refractivity contribution in [3.63, 3.8) is 0 Å².